The number of nitrogens with two attached hydrogens (primary N) is 3. The fourth-order valence-electron chi connectivity index (χ4n) is 3.54. The average molecular weight is 552 g/mol. The van der Waals surface area contributed by atoms with Crippen LogP contribution in [0.2, 0.25) is 0 Å². The summed E-state index contributed by atoms with van der Waals surface area (Å²) in [5.41, 5.74) is 17.1. The molecule has 14 nitrogen and oxygen atoms in total. The maximum absolute atomic E-state index is 13.1. The van der Waals surface area contributed by atoms with Gasteiger partial charge in [0.1, 0.15) is 23.9 Å². The van der Waals surface area contributed by atoms with E-state index >= 15 is 0 Å². The minimum absolute atomic E-state index is 0.00285. The second kappa shape index (κ2) is 16.1. The Morgan fingerprint density at radius 1 is 0.949 bits per heavy atom. The number of nitrogens with zero attached hydrogens (tertiary/aromatic N) is 1. The lowest BCUT2D eigenvalue weighted by molar-refractivity contribution is -0.142. The Bertz CT molecular complexity index is 997. The molecule has 0 aliphatic heterocycles. The van der Waals surface area contributed by atoms with Gasteiger partial charge in [0.15, 0.2) is 5.96 Å². The van der Waals surface area contributed by atoms with Gasteiger partial charge in [0.25, 0.3) is 0 Å². The number of aliphatic imine (C=N–C) groups is 1. The molecule has 0 saturated heterocycles. The van der Waals surface area contributed by atoms with E-state index < -0.39 is 54.0 Å². The van der Waals surface area contributed by atoms with Gasteiger partial charge in [0.2, 0.25) is 17.7 Å². The van der Waals surface area contributed by atoms with Crippen molar-refractivity contribution in [1.29, 1.82) is 0 Å². The highest BCUT2D eigenvalue weighted by molar-refractivity contribution is 5.94. The standard InChI is InChI=1S/C25H41N7O7/c1-4-13(2)19(26)22(36)32-20(14(3)33)23(37)30-17(6-5-11-29-25(27)28)21(35)31-18(24(38)39)12-15-7-9-16(34)10-8-15/h7-10,13-14,17-20,33-34H,4-6,11-12,26H2,1-3H3,(H,30,37)(H,31,35)(H,32,36)(H,38,39)(H4,27,28,29). The Kier molecular flexibility index (Phi) is 13.7. The number of carbonyl (C=O) groups excluding carboxylic acids is 3. The van der Waals surface area contributed by atoms with Gasteiger partial charge in [0, 0.05) is 13.0 Å². The number of hydrogen-bond acceptors (Lipinski definition) is 8. The largest absolute Gasteiger partial charge is 0.508 e. The van der Waals surface area contributed by atoms with E-state index in [4.69, 9.17) is 17.2 Å². The van der Waals surface area contributed by atoms with E-state index in [1.807, 2.05) is 6.92 Å². The summed E-state index contributed by atoms with van der Waals surface area (Å²) >= 11 is 0. The van der Waals surface area contributed by atoms with Crippen LogP contribution in [-0.4, -0.2) is 81.8 Å². The van der Waals surface area contributed by atoms with E-state index in [0.29, 0.717) is 12.0 Å². The zero-order valence-corrected chi connectivity index (χ0v) is 22.5. The molecular weight excluding hydrogens is 510 g/mol. The average Bonchev–Trinajstić information content (AvgIpc) is 2.87. The number of amides is 3. The van der Waals surface area contributed by atoms with Crippen LogP contribution in [0, 0.1) is 5.92 Å². The van der Waals surface area contributed by atoms with Crippen molar-refractivity contribution in [1.82, 2.24) is 16.0 Å². The third-order valence-electron chi connectivity index (χ3n) is 6.19. The number of carbonyl (C=O) groups is 4. The van der Waals surface area contributed by atoms with Crippen molar-refractivity contribution in [3.05, 3.63) is 29.8 Å². The summed E-state index contributed by atoms with van der Waals surface area (Å²) < 4.78 is 0. The lowest BCUT2D eigenvalue weighted by Crippen LogP contribution is -2.60. The van der Waals surface area contributed by atoms with E-state index in [9.17, 15) is 34.5 Å². The SMILES string of the molecule is CCC(C)C(N)C(=O)NC(C(=O)NC(CCCN=C(N)N)C(=O)NC(Cc1ccc(O)cc1)C(=O)O)C(C)O. The molecule has 0 aliphatic rings. The molecule has 6 unspecified atom stereocenters. The van der Waals surface area contributed by atoms with Crippen molar-refractivity contribution in [2.45, 2.75) is 76.7 Å². The van der Waals surface area contributed by atoms with E-state index in [0.717, 1.165) is 0 Å². The first-order valence-electron chi connectivity index (χ1n) is 12.7. The molecule has 1 aromatic carbocycles. The van der Waals surface area contributed by atoms with Crippen molar-refractivity contribution in [3.8, 4) is 5.75 Å². The number of benzene rings is 1. The van der Waals surface area contributed by atoms with E-state index in [1.165, 1.54) is 31.2 Å². The highest BCUT2D eigenvalue weighted by Gasteiger charge is 2.33. The number of aromatic hydroxyl groups is 1. The van der Waals surface area contributed by atoms with E-state index in [2.05, 4.69) is 20.9 Å². The number of aliphatic hydroxyl groups is 1. The molecule has 0 aromatic heterocycles. The molecule has 0 spiro atoms. The lowest BCUT2D eigenvalue weighted by Gasteiger charge is -2.27. The number of phenols is 1. The van der Waals surface area contributed by atoms with Crippen LogP contribution in [0.4, 0.5) is 0 Å². The second-order valence-electron chi connectivity index (χ2n) is 9.42. The third kappa shape index (κ3) is 11.6. The minimum Gasteiger partial charge on any atom is -0.508 e. The van der Waals surface area contributed by atoms with Crippen LogP contribution in [0.15, 0.2) is 29.3 Å². The van der Waals surface area contributed by atoms with Crippen LogP contribution in [0.5, 0.6) is 5.75 Å². The molecule has 0 heterocycles. The second-order valence-corrected chi connectivity index (χ2v) is 9.42. The van der Waals surface area contributed by atoms with E-state index in [-0.39, 0.29) is 43.4 Å². The lowest BCUT2D eigenvalue weighted by atomic mass is 9.98. The molecular formula is C25H41N7O7. The molecule has 0 aliphatic carbocycles. The molecule has 3 amide bonds. The van der Waals surface area contributed by atoms with Gasteiger partial charge < -0.3 is 48.5 Å². The summed E-state index contributed by atoms with van der Waals surface area (Å²) in [5, 5.41) is 36.6. The first kappa shape index (κ1) is 33.1. The highest BCUT2D eigenvalue weighted by atomic mass is 16.4. The van der Waals surface area contributed by atoms with Gasteiger partial charge in [-0.25, -0.2) is 4.79 Å². The maximum atomic E-state index is 13.1. The Morgan fingerprint density at radius 2 is 1.54 bits per heavy atom. The Morgan fingerprint density at radius 3 is 2.05 bits per heavy atom. The van der Waals surface area contributed by atoms with Crippen molar-refractivity contribution in [2.75, 3.05) is 6.54 Å². The molecule has 0 saturated carbocycles. The molecule has 39 heavy (non-hydrogen) atoms. The fourth-order valence-corrected chi connectivity index (χ4v) is 3.54. The summed E-state index contributed by atoms with van der Waals surface area (Å²) in [6, 6.07) is 0.889. The molecule has 1 aromatic rings. The Hall–Kier alpha value is -3.91. The van der Waals surface area contributed by atoms with Gasteiger partial charge >= 0.3 is 5.97 Å². The molecule has 6 atom stereocenters. The summed E-state index contributed by atoms with van der Waals surface area (Å²) in [4.78, 5) is 54.4. The predicted molar refractivity (Wildman–Crippen MR) is 144 cm³/mol. The van der Waals surface area contributed by atoms with Crippen LogP contribution in [0.1, 0.15) is 45.6 Å². The van der Waals surface area contributed by atoms with Gasteiger partial charge in [-0.3, -0.25) is 19.4 Å². The van der Waals surface area contributed by atoms with Crippen LogP contribution in [0.25, 0.3) is 0 Å². The molecule has 0 radical (unpaired) electrons. The Labute approximate surface area is 227 Å². The maximum Gasteiger partial charge on any atom is 0.326 e. The zero-order valence-electron chi connectivity index (χ0n) is 22.5. The fraction of sp³-hybridized carbons (Fsp3) is 0.560. The van der Waals surface area contributed by atoms with Crippen molar-refractivity contribution in [3.63, 3.8) is 0 Å². The van der Waals surface area contributed by atoms with E-state index in [1.54, 1.807) is 6.92 Å². The van der Waals surface area contributed by atoms with Crippen LogP contribution < -0.4 is 33.2 Å². The van der Waals surface area contributed by atoms with Gasteiger partial charge in [0.05, 0.1) is 12.1 Å². The summed E-state index contributed by atoms with van der Waals surface area (Å²) in [7, 11) is 0. The van der Waals surface area contributed by atoms with Crippen LogP contribution >= 0.6 is 0 Å². The topological polar surface area (TPSA) is 255 Å². The van der Waals surface area contributed by atoms with Crippen LogP contribution in [-0.2, 0) is 25.6 Å². The number of carboxylic acid groups (broad SMARTS) is 1. The first-order valence-corrected chi connectivity index (χ1v) is 12.7. The number of hydrogen-bond donors (Lipinski definition) is 9. The summed E-state index contributed by atoms with van der Waals surface area (Å²) in [6.45, 7) is 5.06. The number of carboxylic acids is 1. The zero-order chi connectivity index (χ0) is 29.7. The van der Waals surface area contributed by atoms with Crippen molar-refractivity contribution in [2.24, 2.45) is 28.1 Å². The molecule has 12 N–H and O–H groups in total. The molecule has 14 heteroatoms. The van der Waals surface area contributed by atoms with Gasteiger partial charge in [-0.15, -0.1) is 0 Å². The smallest absolute Gasteiger partial charge is 0.326 e. The quantitative estimate of drug-likeness (QED) is 0.0638. The number of aliphatic carboxylic acids is 1. The molecule has 218 valence electrons. The number of rotatable bonds is 16. The Balaban J connectivity index is 3.07. The number of guanidine groups is 1. The first-order chi connectivity index (χ1) is 18.3. The van der Waals surface area contributed by atoms with Gasteiger partial charge in [-0.05, 0) is 43.4 Å². The molecule has 0 bridgehead atoms. The van der Waals surface area contributed by atoms with Gasteiger partial charge in [-0.2, -0.15) is 0 Å². The number of nitrogens with one attached hydrogen (secondary N) is 3. The van der Waals surface area contributed by atoms with Gasteiger partial charge in [-0.1, -0.05) is 32.4 Å². The highest BCUT2D eigenvalue weighted by Crippen LogP contribution is 2.12. The summed E-state index contributed by atoms with van der Waals surface area (Å²) in [5.74, 6) is -3.95. The molecule has 1 rings (SSSR count). The number of aliphatic hydroxyl groups excluding tert-OH is 1. The number of phenolic OH excluding ortho intramolecular Hbond substituents is 1. The monoisotopic (exact) mass is 551 g/mol. The summed E-state index contributed by atoms with van der Waals surface area (Å²) in [6.07, 6.45) is -0.531. The predicted octanol–water partition coefficient (Wildman–Crippen LogP) is -1.72. The molecule has 0 fully saturated rings. The van der Waals surface area contributed by atoms with Crippen molar-refractivity contribution < 1.29 is 34.5 Å². The normalized spacial score (nSPS) is 15.5. The van der Waals surface area contributed by atoms with Crippen LogP contribution in [0.3, 0.4) is 0 Å². The van der Waals surface area contributed by atoms with Crippen molar-refractivity contribution >= 4 is 29.7 Å². The minimum atomic E-state index is -1.42. The third-order valence-corrected chi connectivity index (χ3v) is 6.19.